The minimum Gasteiger partial charge on any atom is -0.344 e. The molecule has 2 rings (SSSR count). The first-order valence-electron chi connectivity index (χ1n) is 8.19. The van der Waals surface area contributed by atoms with Crippen LogP contribution in [0.5, 0.6) is 0 Å². The Bertz CT molecular complexity index is 455. The number of para-hydroxylation sites is 1. The van der Waals surface area contributed by atoms with E-state index in [9.17, 15) is 0 Å². The molecule has 0 fully saturated rings. The standard InChI is InChI=1S/C17H28N4.3ClH/c18-11-3-4-12-19-13-6-14-20-17-10-5-8-15-7-1-2-9-16(15)21-17;;;/h1-2,7,9,19H,3-6,8,10-14,18H2,(H,20,21);3*1H. The summed E-state index contributed by atoms with van der Waals surface area (Å²) < 4.78 is 0. The number of unbranched alkanes of at least 4 members (excludes halogenated alkanes) is 1. The third kappa shape index (κ3) is 9.70. The second kappa shape index (κ2) is 16.0. The van der Waals surface area contributed by atoms with Gasteiger partial charge in [0.05, 0.1) is 0 Å². The molecule has 0 amide bonds. The Kier molecular flexibility index (Phi) is 17.1. The Balaban J connectivity index is 0. The molecule has 140 valence electrons. The molecule has 0 spiro atoms. The smallest absolute Gasteiger partial charge is 0.101 e. The van der Waals surface area contributed by atoms with Crippen LogP contribution in [0.15, 0.2) is 29.3 Å². The van der Waals surface area contributed by atoms with E-state index in [1.54, 1.807) is 0 Å². The maximum absolute atomic E-state index is 5.47. The Morgan fingerprint density at radius 1 is 1.00 bits per heavy atom. The molecule has 4 N–H and O–H groups in total. The summed E-state index contributed by atoms with van der Waals surface area (Å²) in [5, 5.41) is 6.93. The molecular weight excluding hydrogens is 367 g/mol. The van der Waals surface area contributed by atoms with Gasteiger partial charge in [0.1, 0.15) is 5.84 Å². The summed E-state index contributed by atoms with van der Waals surface area (Å²) in [5.74, 6) is 1.14. The van der Waals surface area contributed by atoms with E-state index in [0.717, 1.165) is 57.7 Å². The van der Waals surface area contributed by atoms with E-state index in [-0.39, 0.29) is 37.2 Å². The van der Waals surface area contributed by atoms with Crippen molar-refractivity contribution in [3.8, 4) is 0 Å². The van der Waals surface area contributed by atoms with Crippen LogP contribution in [0.4, 0.5) is 5.69 Å². The highest BCUT2D eigenvalue weighted by atomic mass is 35.5. The lowest BCUT2D eigenvalue weighted by Gasteiger charge is -2.08. The van der Waals surface area contributed by atoms with Crippen LogP contribution in [0.25, 0.3) is 0 Å². The molecule has 0 aliphatic carbocycles. The number of hydrogen-bond donors (Lipinski definition) is 3. The van der Waals surface area contributed by atoms with Gasteiger partial charge in [-0.25, -0.2) is 0 Å². The van der Waals surface area contributed by atoms with Crippen molar-refractivity contribution in [2.75, 3.05) is 31.5 Å². The number of aryl methyl sites for hydroxylation is 1. The van der Waals surface area contributed by atoms with Gasteiger partial charge in [-0.05, 0) is 63.4 Å². The maximum atomic E-state index is 5.47. The van der Waals surface area contributed by atoms with Gasteiger partial charge in [-0.1, -0.05) is 18.2 Å². The summed E-state index contributed by atoms with van der Waals surface area (Å²) in [5.41, 5.74) is 8.10. The zero-order chi connectivity index (χ0) is 14.8. The van der Waals surface area contributed by atoms with Crippen molar-refractivity contribution in [2.45, 2.75) is 38.5 Å². The van der Waals surface area contributed by atoms with Gasteiger partial charge in [0.15, 0.2) is 0 Å². The van der Waals surface area contributed by atoms with Gasteiger partial charge in [0.2, 0.25) is 0 Å². The molecule has 0 saturated carbocycles. The number of nitrogens with two attached hydrogens (primary N) is 1. The van der Waals surface area contributed by atoms with Gasteiger partial charge in [-0.3, -0.25) is 4.99 Å². The number of anilines is 1. The molecular formula is C17H31Cl3N4. The monoisotopic (exact) mass is 396 g/mol. The summed E-state index contributed by atoms with van der Waals surface area (Å²) in [6.45, 7) is 3.80. The zero-order valence-electron chi connectivity index (χ0n) is 14.1. The Morgan fingerprint density at radius 3 is 2.54 bits per heavy atom. The van der Waals surface area contributed by atoms with Crippen LogP contribution in [0.2, 0.25) is 0 Å². The van der Waals surface area contributed by atoms with Gasteiger partial charge in [0, 0.05) is 18.7 Å². The predicted octanol–water partition coefficient (Wildman–Crippen LogP) is 3.82. The van der Waals surface area contributed by atoms with E-state index < -0.39 is 0 Å². The fourth-order valence-corrected chi connectivity index (χ4v) is 2.58. The molecule has 0 radical (unpaired) electrons. The van der Waals surface area contributed by atoms with Gasteiger partial charge in [-0.2, -0.15) is 0 Å². The molecule has 1 aliphatic heterocycles. The molecule has 1 aromatic carbocycles. The van der Waals surface area contributed by atoms with Crippen molar-refractivity contribution in [2.24, 2.45) is 10.7 Å². The van der Waals surface area contributed by atoms with Crippen molar-refractivity contribution in [1.82, 2.24) is 5.32 Å². The lowest BCUT2D eigenvalue weighted by molar-refractivity contribution is 0.611. The van der Waals surface area contributed by atoms with Crippen LogP contribution in [0.3, 0.4) is 0 Å². The average Bonchev–Trinajstić information content (AvgIpc) is 2.71. The summed E-state index contributed by atoms with van der Waals surface area (Å²) in [6.07, 6.45) is 6.75. The molecule has 1 heterocycles. The third-order valence-electron chi connectivity index (χ3n) is 3.78. The summed E-state index contributed by atoms with van der Waals surface area (Å²) in [6, 6.07) is 8.55. The lowest BCUT2D eigenvalue weighted by Crippen LogP contribution is -2.19. The molecule has 0 aromatic heterocycles. The van der Waals surface area contributed by atoms with Gasteiger partial charge in [-0.15, -0.1) is 37.2 Å². The molecule has 1 aromatic rings. The number of nitrogens with zero attached hydrogens (tertiary/aromatic N) is 1. The highest BCUT2D eigenvalue weighted by Gasteiger charge is 2.10. The third-order valence-corrected chi connectivity index (χ3v) is 3.78. The number of nitrogens with one attached hydrogen (secondary N) is 2. The summed E-state index contributed by atoms with van der Waals surface area (Å²) in [7, 11) is 0. The Hall–Kier alpha value is -0.520. The fourth-order valence-electron chi connectivity index (χ4n) is 2.58. The van der Waals surface area contributed by atoms with Crippen LogP contribution in [-0.2, 0) is 6.42 Å². The Morgan fingerprint density at radius 2 is 1.75 bits per heavy atom. The second-order valence-corrected chi connectivity index (χ2v) is 5.56. The Labute approximate surface area is 164 Å². The summed E-state index contributed by atoms with van der Waals surface area (Å²) >= 11 is 0. The normalized spacial score (nSPS) is 14.3. The SMILES string of the molecule is Cl.Cl.Cl.NCCCCNCCCN=C1CCCc2ccccc2N1. The zero-order valence-corrected chi connectivity index (χ0v) is 16.6. The first kappa shape index (κ1) is 25.7. The van der Waals surface area contributed by atoms with Crippen LogP contribution >= 0.6 is 37.2 Å². The number of halogens is 3. The fraction of sp³-hybridized carbons (Fsp3) is 0.588. The minimum atomic E-state index is 0. The average molecular weight is 398 g/mol. The molecule has 0 atom stereocenters. The first-order valence-corrected chi connectivity index (χ1v) is 8.19. The number of hydrogen-bond acceptors (Lipinski definition) is 3. The van der Waals surface area contributed by atoms with E-state index in [0.29, 0.717) is 0 Å². The van der Waals surface area contributed by atoms with Crippen LogP contribution in [0, 0.1) is 0 Å². The quantitative estimate of drug-likeness (QED) is 0.584. The molecule has 4 nitrogen and oxygen atoms in total. The van der Waals surface area contributed by atoms with Gasteiger partial charge < -0.3 is 16.4 Å². The highest BCUT2D eigenvalue weighted by molar-refractivity contribution is 5.96. The topological polar surface area (TPSA) is 62.4 Å². The summed E-state index contributed by atoms with van der Waals surface area (Å²) in [4.78, 5) is 4.72. The van der Waals surface area contributed by atoms with E-state index in [2.05, 4.69) is 34.9 Å². The van der Waals surface area contributed by atoms with Crippen molar-refractivity contribution in [1.29, 1.82) is 0 Å². The van der Waals surface area contributed by atoms with Crippen LogP contribution < -0.4 is 16.4 Å². The van der Waals surface area contributed by atoms with E-state index in [1.807, 2.05) is 0 Å². The van der Waals surface area contributed by atoms with Crippen LogP contribution in [-0.4, -0.2) is 32.0 Å². The molecule has 0 unspecified atom stereocenters. The maximum Gasteiger partial charge on any atom is 0.101 e. The van der Waals surface area contributed by atoms with E-state index >= 15 is 0 Å². The van der Waals surface area contributed by atoms with Gasteiger partial charge in [0.25, 0.3) is 0 Å². The van der Waals surface area contributed by atoms with E-state index in [4.69, 9.17) is 10.7 Å². The number of aliphatic imine (C=N–C) groups is 1. The molecule has 0 bridgehead atoms. The molecule has 7 heteroatoms. The number of benzene rings is 1. The molecule has 24 heavy (non-hydrogen) atoms. The van der Waals surface area contributed by atoms with E-state index in [1.165, 1.54) is 24.1 Å². The van der Waals surface area contributed by atoms with Crippen molar-refractivity contribution in [3.05, 3.63) is 29.8 Å². The molecule has 1 aliphatic rings. The highest BCUT2D eigenvalue weighted by Crippen LogP contribution is 2.21. The molecule has 0 saturated heterocycles. The lowest BCUT2D eigenvalue weighted by atomic mass is 10.1. The minimum absolute atomic E-state index is 0. The number of amidine groups is 1. The second-order valence-electron chi connectivity index (χ2n) is 5.56. The van der Waals surface area contributed by atoms with Gasteiger partial charge >= 0.3 is 0 Å². The number of rotatable bonds is 8. The van der Waals surface area contributed by atoms with Crippen LogP contribution in [0.1, 0.15) is 37.7 Å². The van der Waals surface area contributed by atoms with Crippen molar-refractivity contribution >= 4 is 48.7 Å². The first-order chi connectivity index (χ1) is 10.4. The largest absolute Gasteiger partial charge is 0.344 e. The number of fused-ring (bicyclic) bond motifs is 1. The van der Waals surface area contributed by atoms with Crippen molar-refractivity contribution < 1.29 is 0 Å². The predicted molar refractivity (Wildman–Crippen MR) is 113 cm³/mol. The van der Waals surface area contributed by atoms with Crippen molar-refractivity contribution in [3.63, 3.8) is 0 Å².